The molecule has 2 fully saturated rings. The molecule has 2 saturated heterocycles. The van der Waals surface area contributed by atoms with Gasteiger partial charge in [0.2, 0.25) is 5.91 Å². The molecule has 150 valence electrons. The Bertz CT molecular complexity index is 763. The molecule has 28 heavy (non-hydrogen) atoms. The zero-order valence-corrected chi connectivity index (χ0v) is 16.4. The minimum absolute atomic E-state index is 0.0708. The van der Waals surface area contributed by atoms with Crippen LogP contribution in [-0.2, 0) is 17.9 Å². The number of anilines is 1. The summed E-state index contributed by atoms with van der Waals surface area (Å²) in [5.74, 6) is 2.60. The van der Waals surface area contributed by atoms with Gasteiger partial charge in [-0.15, -0.1) is 5.10 Å². The number of pyridine rings is 1. The van der Waals surface area contributed by atoms with E-state index in [0.29, 0.717) is 19.6 Å². The van der Waals surface area contributed by atoms with Crippen molar-refractivity contribution in [1.29, 1.82) is 0 Å². The van der Waals surface area contributed by atoms with Crippen molar-refractivity contribution in [2.24, 2.45) is 5.92 Å². The highest BCUT2D eigenvalue weighted by atomic mass is 16.2. The van der Waals surface area contributed by atoms with Crippen LogP contribution in [0.1, 0.15) is 25.6 Å². The number of tetrazole rings is 1. The van der Waals surface area contributed by atoms with E-state index < -0.39 is 0 Å². The summed E-state index contributed by atoms with van der Waals surface area (Å²) >= 11 is 0. The fourth-order valence-electron chi connectivity index (χ4n) is 3.83. The second-order valence-corrected chi connectivity index (χ2v) is 7.77. The van der Waals surface area contributed by atoms with Gasteiger partial charge in [-0.1, -0.05) is 13.0 Å². The average Bonchev–Trinajstić information content (AvgIpc) is 3.17. The van der Waals surface area contributed by atoms with Crippen molar-refractivity contribution in [2.45, 2.75) is 32.9 Å². The Hall–Kier alpha value is -2.55. The van der Waals surface area contributed by atoms with Crippen LogP contribution in [0.4, 0.5) is 5.82 Å². The van der Waals surface area contributed by atoms with E-state index in [1.165, 1.54) is 12.8 Å². The highest BCUT2D eigenvalue weighted by Gasteiger charge is 2.24. The zero-order valence-electron chi connectivity index (χ0n) is 16.4. The van der Waals surface area contributed by atoms with Crippen LogP contribution < -0.4 is 4.90 Å². The first kappa shape index (κ1) is 18.8. The Balaban J connectivity index is 1.29. The van der Waals surface area contributed by atoms with Gasteiger partial charge in [0.05, 0.1) is 6.54 Å². The topological polar surface area (TPSA) is 83.3 Å². The lowest BCUT2D eigenvalue weighted by Crippen LogP contribution is -2.50. The molecule has 0 N–H and O–H groups in total. The molecule has 9 heteroatoms. The number of carbonyl (C=O) groups is 1. The van der Waals surface area contributed by atoms with Crippen molar-refractivity contribution in [1.82, 2.24) is 35.0 Å². The van der Waals surface area contributed by atoms with Crippen LogP contribution >= 0.6 is 0 Å². The summed E-state index contributed by atoms with van der Waals surface area (Å²) in [4.78, 5) is 23.6. The normalized spacial score (nSPS) is 19.2. The van der Waals surface area contributed by atoms with Gasteiger partial charge in [0.15, 0.2) is 5.82 Å². The number of hydrogen-bond donors (Lipinski definition) is 0. The number of piperazine rings is 1. The van der Waals surface area contributed by atoms with Crippen molar-refractivity contribution >= 4 is 11.7 Å². The van der Waals surface area contributed by atoms with E-state index in [1.807, 2.05) is 23.1 Å². The van der Waals surface area contributed by atoms with Crippen molar-refractivity contribution in [3.8, 4) is 0 Å². The third-order valence-corrected chi connectivity index (χ3v) is 5.74. The molecule has 0 atom stereocenters. The largest absolute Gasteiger partial charge is 0.353 e. The monoisotopic (exact) mass is 384 g/mol. The predicted molar refractivity (Wildman–Crippen MR) is 105 cm³/mol. The van der Waals surface area contributed by atoms with E-state index in [4.69, 9.17) is 0 Å². The highest BCUT2D eigenvalue weighted by molar-refractivity contribution is 5.76. The van der Waals surface area contributed by atoms with Gasteiger partial charge in [-0.25, -0.2) is 9.67 Å². The lowest BCUT2D eigenvalue weighted by Gasteiger charge is -2.35. The molecule has 4 rings (SSSR count). The Kier molecular flexibility index (Phi) is 5.80. The maximum absolute atomic E-state index is 12.8. The van der Waals surface area contributed by atoms with Gasteiger partial charge in [-0.2, -0.15) is 0 Å². The van der Waals surface area contributed by atoms with Crippen molar-refractivity contribution in [3.05, 3.63) is 30.2 Å². The molecule has 4 heterocycles. The minimum Gasteiger partial charge on any atom is -0.353 e. The van der Waals surface area contributed by atoms with E-state index in [2.05, 4.69) is 37.2 Å². The number of piperidine rings is 1. The number of rotatable bonds is 5. The third kappa shape index (κ3) is 4.46. The molecule has 0 saturated carbocycles. The van der Waals surface area contributed by atoms with Gasteiger partial charge in [0, 0.05) is 32.4 Å². The first-order valence-electron chi connectivity index (χ1n) is 10.1. The summed E-state index contributed by atoms with van der Waals surface area (Å²) in [7, 11) is 0. The molecule has 9 nitrogen and oxygen atoms in total. The Morgan fingerprint density at radius 1 is 1.11 bits per heavy atom. The molecule has 2 aliphatic heterocycles. The summed E-state index contributed by atoms with van der Waals surface area (Å²) in [6.45, 7) is 8.31. The van der Waals surface area contributed by atoms with E-state index in [1.54, 1.807) is 10.9 Å². The number of nitrogens with zero attached hydrogens (tertiary/aromatic N) is 8. The van der Waals surface area contributed by atoms with Crippen LogP contribution in [0.2, 0.25) is 0 Å². The van der Waals surface area contributed by atoms with Crippen LogP contribution in [0.15, 0.2) is 24.4 Å². The van der Waals surface area contributed by atoms with E-state index >= 15 is 0 Å². The molecule has 2 aromatic heterocycles. The van der Waals surface area contributed by atoms with Gasteiger partial charge < -0.3 is 9.80 Å². The standard InChI is InChI=1S/C19H28N8O/c1-16-5-8-24(9-6-16)14-18-21-22-23-27(18)15-19(28)26-12-10-25(11-13-26)17-4-2-3-7-20-17/h2-4,7,16H,5-6,8-15H2,1H3. The van der Waals surface area contributed by atoms with Crippen LogP contribution in [0.25, 0.3) is 0 Å². The molecule has 0 radical (unpaired) electrons. The lowest BCUT2D eigenvalue weighted by atomic mass is 9.99. The maximum Gasteiger partial charge on any atom is 0.244 e. The van der Waals surface area contributed by atoms with Gasteiger partial charge in [-0.3, -0.25) is 9.69 Å². The van der Waals surface area contributed by atoms with E-state index in [-0.39, 0.29) is 12.5 Å². The number of carbonyl (C=O) groups excluding carboxylic acids is 1. The molecule has 0 unspecified atom stereocenters. The summed E-state index contributed by atoms with van der Waals surface area (Å²) in [6, 6.07) is 5.91. The van der Waals surface area contributed by atoms with Crippen LogP contribution in [0.5, 0.6) is 0 Å². The molecule has 2 aliphatic rings. The number of amides is 1. The predicted octanol–water partition coefficient (Wildman–Crippen LogP) is 0.649. The molecule has 0 aliphatic carbocycles. The summed E-state index contributed by atoms with van der Waals surface area (Å²) in [6.07, 6.45) is 4.22. The maximum atomic E-state index is 12.8. The van der Waals surface area contributed by atoms with E-state index in [9.17, 15) is 4.79 Å². The fourth-order valence-corrected chi connectivity index (χ4v) is 3.83. The Morgan fingerprint density at radius 3 is 2.61 bits per heavy atom. The fraction of sp³-hybridized carbons (Fsp3) is 0.632. The van der Waals surface area contributed by atoms with Crippen LogP contribution in [0.3, 0.4) is 0 Å². The van der Waals surface area contributed by atoms with Gasteiger partial charge in [0.1, 0.15) is 12.4 Å². The van der Waals surface area contributed by atoms with Crippen molar-refractivity contribution in [3.63, 3.8) is 0 Å². The quantitative estimate of drug-likeness (QED) is 0.748. The molecule has 0 aromatic carbocycles. The number of aromatic nitrogens is 5. The van der Waals surface area contributed by atoms with Crippen LogP contribution in [0, 0.1) is 5.92 Å². The lowest BCUT2D eigenvalue weighted by molar-refractivity contribution is -0.132. The summed E-state index contributed by atoms with van der Waals surface area (Å²) in [5, 5.41) is 12.0. The second-order valence-electron chi connectivity index (χ2n) is 7.77. The first-order chi connectivity index (χ1) is 13.7. The van der Waals surface area contributed by atoms with Gasteiger partial charge in [0.25, 0.3) is 0 Å². The minimum atomic E-state index is 0.0708. The van der Waals surface area contributed by atoms with Crippen molar-refractivity contribution < 1.29 is 4.79 Å². The SMILES string of the molecule is CC1CCN(Cc2nnnn2CC(=O)N2CCN(c3ccccn3)CC2)CC1. The molecule has 2 aromatic rings. The smallest absolute Gasteiger partial charge is 0.244 e. The average molecular weight is 384 g/mol. The summed E-state index contributed by atoms with van der Waals surface area (Å²) in [5.41, 5.74) is 0. The Labute approximate surface area is 165 Å². The number of hydrogen-bond acceptors (Lipinski definition) is 7. The van der Waals surface area contributed by atoms with E-state index in [0.717, 1.165) is 43.7 Å². The molecule has 1 amide bonds. The van der Waals surface area contributed by atoms with Gasteiger partial charge in [-0.05, 0) is 54.4 Å². The Morgan fingerprint density at radius 2 is 1.89 bits per heavy atom. The highest BCUT2D eigenvalue weighted by Crippen LogP contribution is 2.17. The third-order valence-electron chi connectivity index (χ3n) is 5.74. The van der Waals surface area contributed by atoms with Crippen LogP contribution in [-0.4, -0.2) is 80.2 Å². The molecular weight excluding hydrogens is 356 g/mol. The summed E-state index contributed by atoms with van der Waals surface area (Å²) < 4.78 is 1.66. The zero-order chi connectivity index (χ0) is 19.3. The first-order valence-corrected chi connectivity index (χ1v) is 10.1. The molecular formula is C19H28N8O. The number of likely N-dealkylation sites (tertiary alicyclic amines) is 1. The van der Waals surface area contributed by atoms with Gasteiger partial charge >= 0.3 is 0 Å². The van der Waals surface area contributed by atoms with Crippen molar-refractivity contribution in [2.75, 3.05) is 44.2 Å². The second kappa shape index (κ2) is 8.64. The molecule has 0 bridgehead atoms. The molecule has 0 spiro atoms.